The zero-order valence-corrected chi connectivity index (χ0v) is 19.5. The second-order valence-electron chi connectivity index (χ2n) is 9.06. The first kappa shape index (κ1) is 22.1. The molecule has 0 aromatic heterocycles. The smallest absolute Gasteiger partial charge is 0.409 e. The third kappa shape index (κ3) is 4.13. The Labute approximate surface area is 201 Å². The van der Waals surface area contributed by atoms with Crippen LogP contribution < -0.4 is 5.73 Å². The third-order valence-corrected chi connectivity index (χ3v) is 7.05. The predicted molar refractivity (Wildman–Crippen MR) is 135 cm³/mol. The highest BCUT2D eigenvalue weighted by Crippen LogP contribution is 2.44. The number of hydrogen-bond donors (Lipinski definition) is 1. The molecule has 0 spiro atoms. The summed E-state index contributed by atoms with van der Waals surface area (Å²) in [7, 11) is 0. The lowest BCUT2D eigenvalue weighted by atomic mass is 9.98. The molecule has 1 heterocycles. The van der Waals surface area contributed by atoms with Gasteiger partial charge in [0.05, 0.1) is 0 Å². The van der Waals surface area contributed by atoms with Gasteiger partial charge in [-0.1, -0.05) is 54.5 Å². The van der Waals surface area contributed by atoms with E-state index in [4.69, 9.17) is 16.9 Å². The Bertz CT molecular complexity index is 1220. The van der Waals surface area contributed by atoms with Crippen LogP contribution in [0.4, 0.5) is 10.5 Å². The largest absolute Gasteiger partial charge is 0.448 e. The zero-order valence-electron chi connectivity index (χ0n) is 19.5. The van der Waals surface area contributed by atoms with Crippen molar-refractivity contribution in [1.29, 1.82) is 0 Å². The number of hydrogen-bond acceptors (Lipinski definition) is 4. The molecule has 34 heavy (non-hydrogen) atoms. The van der Waals surface area contributed by atoms with Crippen LogP contribution in [0.25, 0.3) is 11.1 Å². The Morgan fingerprint density at radius 2 is 1.65 bits per heavy atom. The predicted octanol–water partition coefficient (Wildman–Crippen LogP) is 4.63. The van der Waals surface area contributed by atoms with E-state index in [0.717, 1.165) is 36.3 Å². The number of carbonyl (C=O) groups is 1. The number of nitrogens with zero attached hydrogens (tertiary/aromatic N) is 2. The van der Waals surface area contributed by atoms with E-state index in [1.54, 1.807) is 0 Å². The lowest BCUT2D eigenvalue weighted by Crippen LogP contribution is -2.48. The Kier molecular flexibility index (Phi) is 6.00. The SMILES string of the molecule is C#Cc1cc(N)cc(CN2CCN(C(=O)OCC3c4ccccc4-c4ccccc43)CC2)c1C. The van der Waals surface area contributed by atoms with Crippen molar-refractivity contribution in [3.63, 3.8) is 0 Å². The van der Waals surface area contributed by atoms with Crippen LogP contribution in [0.2, 0.25) is 0 Å². The van der Waals surface area contributed by atoms with Crippen LogP contribution in [0.5, 0.6) is 0 Å². The Balaban J connectivity index is 1.19. The summed E-state index contributed by atoms with van der Waals surface area (Å²) in [4.78, 5) is 17.0. The van der Waals surface area contributed by atoms with Crippen LogP contribution in [0.3, 0.4) is 0 Å². The average molecular weight is 452 g/mol. The van der Waals surface area contributed by atoms with Crippen molar-refractivity contribution in [3.05, 3.63) is 88.5 Å². The minimum atomic E-state index is -0.240. The van der Waals surface area contributed by atoms with Crippen LogP contribution in [-0.4, -0.2) is 48.7 Å². The highest BCUT2D eigenvalue weighted by Gasteiger charge is 2.30. The number of ether oxygens (including phenoxy) is 1. The van der Waals surface area contributed by atoms with E-state index < -0.39 is 0 Å². The molecule has 2 aliphatic rings. The second kappa shape index (κ2) is 9.24. The number of piperazine rings is 1. The quantitative estimate of drug-likeness (QED) is 0.464. The van der Waals surface area contributed by atoms with E-state index in [2.05, 4.69) is 47.2 Å². The fourth-order valence-corrected chi connectivity index (χ4v) is 5.13. The molecule has 0 unspecified atom stereocenters. The number of nitrogen functional groups attached to an aromatic ring is 1. The maximum Gasteiger partial charge on any atom is 0.409 e. The maximum atomic E-state index is 12.9. The van der Waals surface area contributed by atoms with E-state index in [1.807, 2.05) is 36.1 Å². The lowest BCUT2D eigenvalue weighted by molar-refractivity contribution is 0.0728. The summed E-state index contributed by atoms with van der Waals surface area (Å²) < 4.78 is 5.83. The number of carbonyl (C=O) groups excluding carboxylic acids is 1. The Morgan fingerprint density at radius 1 is 1.03 bits per heavy atom. The summed E-state index contributed by atoms with van der Waals surface area (Å²) in [5.74, 6) is 2.80. The van der Waals surface area contributed by atoms with Crippen molar-refractivity contribution >= 4 is 11.8 Å². The van der Waals surface area contributed by atoms with Crippen molar-refractivity contribution in [2.24, 2.45) is 0 Å². The first-order valence-electron chi connectivity index (χ1n) is 11.7. The molecule has 0 saturated carbocycles. The molecule has 172 valence electrons. The van der Waals surface area contributed by atoms with Gasteiger partial charge in [-0.2, -0.15) is 0 Å². The van der Waals surface area contributed by atoms with Gasteiger partial charge in [0.15, 0.2) is 0 Å². The molecule has 0 radical (unpaired) electrons. The van der Waals surface area contributed by atoms with E-state index in [0.29, 0.717) is 25.4 Å². The molecule has 1 fully saturated rings. The molecule has 5 rings (SSSR count). The first-order chi connectivity index (χ1) is 16.5. The third-order valence-electron chi connectivity index (χ3n) is 7.05. The van der Waals surface area contributed by atoms with E-state index in [9.17, 15) is 4.79 Å². The van der Waals surface area contributed by atoms with Gasteiger partial charge in [-0.15, -0.1) is 6.42 Å². The molecule has 1 aliphatic carbocycles. The van der Waals surface area contributed by atoms with Gasteiger partial charge < -0.3 is 15.4 Å². The molecule has 0 bridgehead atoms. The van der Waals surface area contributed by atoms with Crippen LogP contribution in [-0.2, 0) is 11.3 Å². The number of rotatable bonds is 4. The minimum absolute atomic E-state index is 0.0782. The number of benzene rings is 3. The second-order valence-corrected chi connectivity index (χ2v) is 9.06. The first-order valence-corrected chi connectivity index (χ1v) is 11.7. The molecule has 1 amide bonds. The van der Waals surface area contributed by atoms with Gasteiger partial charge in [0.2, 0.25) is 0 Å². The van der Waals surface area contributed by atoms with Crippen molar-refractivity contribution in [2.75, 3.05) is 38.5 Å². The van der Waals surface area contributed by atoms with Crippen molar-refractivity contribution in [1.82, 2.24) is 9.80 Å². The molecular formula is C29H29N3O2. The summed E-state index contributed by atoms with van der Waals surface area (Å²) in [6, 6.07) is 20.6. The highest BCUT2D eigenvalue weighted by molar-refractivity contribution is 5.79. The van der Waals surface area contributed by atoms with Crippen molar-refractivity contribution in [2.45, 2.75) is 19.4 Å². The fourth-order valence-electron chi connectivity index (χ4n) is 5.13. The summed E-state index contributed by atoms with van der Waals surface area (Å²) in [5.41, 5.74) is 14.7. The van der Waals surface area contributed by atoms with Gasteiger partial charge in [-0.25, -0.2) is 4.79 Å². The lowest BCUT2D eigenvalue weighted by Gasteiger charge is -2.34. The van der Waals surface area contributed by atoms with Crippen molar-refractivity contribution in [3.8, 4) is 23.5 Å². The molecule has 1 saturated heterocycles. The van der Waals surface area contributed by atoms with Gasteiger partial charge in [-0.3, -0.25) is 4.90 Å². The van der Waals surface area contributed by atoms with Gasteiger partial charge >= 0.3 is 6.09 Å². The summed E-state index contributed by atoms with van der Waals surface area (Å²) in [5, 5.41) is 0. The number of amides is 1. The standard InChI is InChI=1S/C29H29N3O2/c1-3-21-16-23(30)17-22(20(21)2)18-31-12-14-32(15-13-31)29(33)34-19-28-26-10-6-4-8-24(26)25-9-5-7-11-27(25)28/h1,4-11,16-17,28H,12-15,18-19,30H2,2H3. The maximum absolute atomic E-state index is 12.9. The normalized spacial score (nSPS) is 15.5. The number of nitrogens with two attached hydrogens (primary N) is 1. The molecule has 2 N–H and O–H groups in total. The molecule has 3 aromatic carbocycles. The number of anilines is 1. The molecule has 0 atom stereocenters. The Morgan fingerprint density at radius 3 is 2.26 bits per heavy atom. The summed E-state index contributed by atoms with van der Waals surface area (Å²) in [6.07, 6.45) is 5.38. The van der Waals surface area contributed by atoms with Gasteiger partial charge in [0.1, 0.15) is 6.61 Å². The number of terminal acetylenes is 1. The molecule has 5 nitrogen and oxygen atoms in total. The average Bonchev–Trinajstić information content (AvgIpc) is 3.18. The minimum Gasteiger partial charge on any atom is -0.448 e. The van der Waals surface area contributed by atoms with Crippen LogP contribution >= 0.6 is 0 Å². The summed E-state index contributed by atoms with van der Waals surface area (Å²) in [6.45, 7) is 6.00. The molecule has 3 aromatic rings. The van der Waals surface area contributed by atoms with Crippen molar-refractivity contribution < 1.29 is 9.53 Å². The highest BCUT2D eigenvalue weighted by atomic mass is 16.6. The van der Waals surface area contributed by atoms with Crippen LogP contribution in [0, 0.1) is 19.3 Å². The zero-order chi connectivity index (χ0) is 23.7. The van der Waals surface area contributed by atoms with Crippen LogP contribution in [0.15, 0.2) is 60.7 Å². The monoisotopic (exact) mass is 451 g/mol. The molecule has 1 aliphatic heterocycles. The Hall–Kier alpha value is -3.75. The molecular weight excluding hydrogens is 422 g/mol. The van der Waals surface area contributed by atoms with Gasteiger partial charge in [-0.05, 0) is 52.4 Å². The number of fused-ring (bicyclic) bond motifs is 3. The molecule has 5 heteroatoms. The fraction of sp³-hybridized carbons (Fsp3) is 0.276. The topological polar surface area (TPSA) is 58.8 Å². The van der Waals surface area contributed by atoms with E-state index in [1.165, 1.54) is 22.3 Å². The van der Waals surface area contributed by atoms with Gasteiger partial charge in [0, 0.05) is 49.9 Å². The van der Waals surface area contributed by atoms with Crippen LogP contribution in [0.1, 0.15) is 33.7 Å². The van der Waals surface area contributed by atoms with Gasteiger partial charge in [0.25, 0.3) is 0 Å². The van der Waals surface area contributed by atoms with E-state index >= 15 is 0 Å². The van der Waals surface area contributed by atoms with E-state index in [-0.39, 0.29) is 12.0 Å². The summed E-state index contributed by atoms with van der Waals surface area (Å²) >= 11 is 0.